The molecule has 4 heteroatoms. The van der Waals surface area contributed by atoms with Gasteiger partial charge < -0.3 is 0 Å². The first-order valence-corrected chi connectivity index (χ1v) is 9.35. The maximum Gasteiger partial charge on any atom is 0.0510 e. The van der Waals surface area contributed by atoms with Gasteiger partial charge in [-0.2, -0.15) is 11.8 Å². The van der Waals surface area contributed by atoms with E-state index in [1.807, 2.05) is 0 Å². The summed E-state index contributed by atoms with van der Waals surface area (Å²) in [7, 11) is 0. The molecule has 0 bridgehead atoms. The molecule has 1 aliphatic carbocycles. The molecule has 0 aromatic heterocycles. The summed E-state index contributed by atoms with van der Waals surface area (Å²) in [5.74, 6) is 3.64. The third kappa shape index (κ3) is 4.96. The van der Waals surface area contributed by atoms with Gasteiger partial charge in [0.2, 0.25) is 0 Å². The minimum atomic E-state index is 0.444. The number of hydrogen-bond acceptors (Lipinski definition) is 2. The topological polar surface area (TPSA) is 48.8 Å². The molecule has 0 spiro atoms. The maximum absolute atomic E-state index is 8.35. The van der Waals surface area contributed by atoms with Gasteiger partial charge in [0.15, 0.2) is 0 Å². The van der Waals surface area contributed by atoms with Crippen LogP contribution in [-0.2, 0) is 12.3 Å². The number of azide groups is 1. The van der Waals surface area contributed by atoms with Gasteiger partial charge in [0.1, 0.15) is 0 Å². The van der Waals surface area contributed by atoms with Gasteiger partial charge in [0.25, 0.3) is 0 Å². The Kier molecular flexibility index (Phi) is 6.66. The van der Waals surface area contributed by atoms with Crippen molar-refractivity contribution < 1.29 is 0 Å². The lowest BCUT2D eigenvalue weighted by atomic mass is 9.77. The Morgan fingerprint density at radius 1 is 1.23 bits per heavy atom. The molecule has 0 amide bonds. The second kappa shape index (κ2) is 8.50. The zero-order chi connectivity index (χ0) is 15.9. The number of hydrogen-bond donors (Lipinski definition) is 0. The van der Waals surface area contributed by atoms with Gasteiger partial charge in [0, 0.05) is 15.9 Å². The molecular weight excluding hydrogens is 290 g/mol. The third-order valence-electron chi connectivity index (χ3n) is 4.91. The van der Waals surface area contributed by atoms with Gasteiger partial charge in [-0.25, -0.2) is 0 Å². The smallest absolute Gasteiger partial charge is 0.0510 e. The van der Waals surface area contributed by atoms with Crippen LogP contribution >= 0.6 is 11.8 Å². The van der Waals surface area contributed by atoms with E-state index in [4.69, 9.17) is 5.53 Å². The van der Waals surface area contributed by atoms with Crippen LogP contribution in [0, 0.1) is 17.8 Å². The number of thioether (sulfide) groups is 1. The van der Waals surface area contributed by atoms with Crippen LogP contribution in [0.4, 0.5) is 0 Å². The molecule has 22 heavy (non-hydrogen) atoms. The van der Waals surface area contributed by atoms with E-state index in [9.17, 15) is 0 Å². The lowest BCUT2D eigenvalue weighted by Gasteiger charge is -2.36. The molecule has 120 valence electrons. The lowest BCUT2D eigenvalue weighted by molar-refractivity contribution is 0.242. The fraction of sp³-hybridized carbons (Fsp3) is 0.667. The summed E-state index contributed by atoms with van der Waals surface area (Å²) in [6.45, 7) is 7.59. The van der Waals surface area contributed by atoms with Crippen molar-refractivity contribution in [1.29, 1.82) is 0 Å². The van der Waals surface area contributed by atoms with E-state index in [1.165, 1.54) is 24.8 Å². The summed E-state index contributed by atoms with van der Waals surface area (Å²) in [5.41, 5.74) is 10.8. The normalized spacial score (nSPS) is 25.0. The predicted molar refractivity (Wildman–Crippen MR) is 95.7 cm³/mol. The maximum atomic E-state index is 8.35. The zero-order valence-electron chi connectivity index (χ0n) is 13.9. The Morgan fingerprint density at radius 3 is 2.55 bits per heavy atom. The monoisotopic (exact) mass is 317 g/mol. The van der Waals surface area contributed by atoms with E-state index in [0.717, 1.165) is 34.3 Å². The van der Waals surface area contributed by atoms with Crippen LogP contribution in [0.25, 0.3) is 10.4 Å². The van der Waals surface area contributed by atoms with Crippen LogP contribution in [0.3, 0.4) is 0 Å². The van der Waals surface area contributed by atoms with E-state index in [2.05, 4.69) is 66.8 Å². The first-order valence-electron chi connectivity index (χ1n) is 8.30. The fourth-order valence-electron chi connectivity index (χ4n) is 3.21. The summed E-state index contributed by atoms with van der Waals surface area (Å²) in [5, 5.41) is 4.40. The predicted octanol–water partition coefficient (Wildman–Crippen LogP) is 6.19. The van der Waals surface area contributed by atoms with Crippen LogP contribution in [0.2, 0.25) is 0 Å². The number of nitrogens with zero attached hydrogens (tertiary/aromatic N) is 3. The standard InChI is InChI=1S/C18H27N3S/c1-13(2)17-9-4-14(3)18(10-17)22-12-16-7-5-15(6-8-16)11-20-21-19/h5-8,13-14,17-18H,4,9-12H2,1-3H3. The minimum absolute atomic E-state index is 0.444. The van der Waals surface area contributed by atoms with E-state index in [-0.39, 0.29) is 0 Å². The van der Waals surface area contributed by atoms with Crippen LogP contribution in [0.5, 0.6) is 0 Å². The Hall–Kier alpha value is -1.12. The molecule has 1 aromatic rings. The molecule has 0 radical (unpaired) electrons. The van der Waals surface area contributed by atoms with Crippen LogP contribution in [0.15, 0.2) is 29.4 Å². The number of benzene rings is 1. The molecule has 1 saturated carbocycles. The molecule has 0 heterocycles. The molecule has 3 nitrogen and oxygen atoms in total. The Morgan fingerprint density at radius 2 is 1.91 bits per heavy atom. The van der Waals surface area contributed by atoms with E-state index < -0.39 is 0 Å². The molecule has 0 N–H and O–H groups in total. The average molecular weight is 318 g/mol. The second-order valence-electron chi connectivity index (χ2n) is 6.85. The third-order valence-corrected chi connectivity index (χ3v) is 6.49. The molecule has 2 rings (SSSR count). The summed E-state index contributed by atoms with van der Waals surface area (Å²) in [4.78, 5) is 2.80. The van der Waals surface area contributed by atoms with Crippen molar-refractivity contribution in [3.63, 3.8) is 0 Å². The largest absolute Gasteiger partial charge is 0.154 e. The van der Waals surface area contributed by atoms with Crippen LogP contribution in [-0.4, -0.2) is 5.25 Å². The summed E-state index contributed by atoms with van der Waals surface area (Å²) < 4.78 is 0. The first-order chi connectivity index (χ1) is 10.6. The van der Waals surface area contributed by atoms with Crippen LogP contribution in [0.1, 0.15) is 51.2 Å². The highest BCUT2D eigenvalue weighted by molar-refractivity contribution is 7.99. The highest BCUT2D eigenvalue weighted by Gasteiger charge is 2.29. The minimum Gasteiger partial charge on any atom is -0.154 e. The first kappa shape index (κ1) is 17.2. The van der Waals surface area contributed by atoms with Crippen molar-refractivity contribution in [2.75, 3.05) is 0 Å². The second-order valence-corrected chi connectivity index (χ2v) is 8.08. The molecular formula is C18H27N3S. The Bertz CT molecular complexity index is 506. The van der Waals surface area contributed by atoms with Gasteiger partial charge in [-0.1, -0.05) is 50.2 Å². The average Bonchev–Trinajstić information content (AvgIpc) is 2.53. The molecule has 1 aliphatic rings. The highest BCUT2D eigenvalue weighted by Crippen LogP contribution is 2.40. The van der Waals surface area contributed by atoms with Crippen molar-refractivity contribution >= 4 is 11.8 Å². The van der Waals surface area contributed by atoms with Gasteiger partial charge in [-0.15, -0.1) is 0 Å². The molecule has 3 atom stereocenters. The lowest BCUT2D eigenvalue weighted by Crippen LogP contribution is -2.27. The summed E-state index contributed by atoms with van der Waals surface area (Å²) in [6.07, 6.45) is 4.16. The van der Waals surface area contributed by atoms with Crippen molar-refractivity contribution in [2.45, 2.75) is 57.6 Å². The van der Waals surface area contributed by atoms with Crippen molar-refractivity contribution in [3.05, 3.63) is 45.8 Å². The Labute approximate surface area is 138 Å². The Balaban J connectivity index is 1.87. The molecule has 1 aromatic carbocycles. The van der Waals surface area contributed by atoms with E-state index >= 15 is 0 Å². The molecule has 0 aliphatic heterocycles. The van der Waals surface area contributed by atoms with E-state index in [1.54, 1.807) is 0 Å². The number of rotatable bonds is 6. The van der Waals surface area contributed by atoms with Gasteiger partial charge in [-0.05, 0) is 53.7 Å². The van der Waals surface area contributed by atoms with Gasteiger partial charge >= 0.3 is 0 Å². The summed E-state index contributed by atoms with van der Waals surface area (Å²) >= 11 is 2.12. The van der Waals surface area contributed by atoms with Crippen molar-refractivity contribution in [2.24, 2.45) is 22.9 Å². The molecule has 3 unspecified atom stereocenters. The quantitative estimate of drug-likeness (QED) is 0.350. The molecule has 1 fully saturated rings. The van der Waals surface area contributed by atoms with Crippen LogP contribution < -0.4 is 0 Å². The fourth-order valence-corrected chi connectivity index (χ4v) is 4.65. The summed E-state index contributed by atoms with van der Waals surface area (Å²) in [6, 6.07) is 8.49. The van der Waals surface area contributed by atoms with Gasteiger partial charge in [-0.3, -0.25) is 0 Å². The highest BCUT2D eigenvalue weighted by atomic mass is 32.2. The van der Waals surface area contributed by atoms with Crippen molar-refractivity contribution in [1.82, 2.24) is 0 Å². The van der Waals surface area contributed by atoms with E-state index in [0.29, 0.717) is 6.54 Å². The zero-order valence-corrected chi connectivity index (χ0v) is 14.7. The van der Waals surface area contributed by atoms with Gasteiger partial charge in [0.05, 0.1) is 6.54 Å². The SMILES string of the molecule is CC(C)C1CCC(C)C(SCc2ccc(CN=[N+]=[N-])cc2)C1. The van der Waals surface area contributed by atoms with Crippen molar-refractivity contribution in [3.8, 4) is 0 Å². The molecule has 0 saturated heterocycles.